The summed E-state index contributed by atoms with van der Waals surface area (Å²) >= 11 is 3.43. The van der Waals surface area contributed by atoms with Crippen LogP contribution in [0.5, 0.6) is 0 Å². The number of piperazine rings is 1. The van der Waals surface area contributed by atoms with Gasteiger partial charge in [0.1, 0.15) is 4.47 Å². The van der Waals surface area contributed by atoms with Crippen molar-refractivity contribution in [1.29, 1.82) is 0 Å². The van der Waals surface area contributed by atoms with Crippen LogP contribution in [-0.4, -0.2) is 114 Å². The Labute approximate surface area is 313 Å². The molecule has 3 atom stereocenters. The van der Waals surface area contributed by atoms with Crippen LogP contribution in [0.3, 0.4) is 0 Å². The van der Waals surface area contributed by atoms with E-state index in [9.17, 15) is 19.2 Å². The Hall–Kier alpha value is -4.07. The van der Waals surface area contributed by atoms with Gasteiger partial charge in [0, 0.05) is 89.2 Å². The molecule has 3 amide bonds. The molecule has 4 aliphatic heterocycles. The molecule has 1 aromatic heterocycles. The Morgan fingerprint density at radius 1 is 0.923 bits per heavy atom. The minimum absolute atomic E-state index is 0.106. The third-order valence-corrected chi connectivity index (χ3v) is 12.3. The molecule has 13 heteroatoms. The molecule has 5 heterocycles. The van der Waals surface area contributed by atoms with Crippen LogP contribution >= 0.6 is 15.9 Å². The summed E-state index contributed by atoms with van der Waals surface area (Å²) in [5.41, 5.74) is 5.78. The third kappa shape index (κ3) is 7.81. The molecule has 4 fully saturated rings. The Bertz CT molecular complexity index is 1870. The van der Waals surface area contributed by atoms with E-state index in [0.29, 0.717) is 35.0 Å². The van der Waals surface area contributed by atoms with Gasteiger partial charge in [-0.2, -0.15) is 5.10 Å². The average Bonchev–Trinajstić information content (AvgIpc) is 3.15. The first kappa shape index (κ1) is 36.3. The van der Waals surface area contributed by atoms with Crippen LogP contribution in [0.2, 0.25) is 0 Å². The van der Waals surface area contributed by atoms with E-state index in [1.807, 2.05) is 17.0 Å². The lowest BCUT2D eigenvalue weighted by atomic mass is 9.87. The molecule has 0 saturated carbocycles. The number of hydrogen-bond donors (Lipinski definition) is 2. The van der Waals surface area contributed by atoms with Crippen molar-refractivity contribution in [2.45, 2.75) is 62.9 Å². The largest absolute Gasteiger partial charge is 0.379 e. The van der Waals surface area contributed by atoms with Crippen LogP contribution < -0.4 is 21.1 Å². The number of benzene rings is 2. The summed E-state index contributed by atoms with van der Waals surface area (Å²) in [6.07, 6.45) is 5.51. The van der Waals surface area contributed by atoms with E-state index in [1.54, 1.807) is 13.2 Å². The number of amides is 3. The molecular formula is C39H49BrN8O4. The van der Waals surface area contributed by atoms with Crippen LogP contribution in [0.25, 0.3) is 0 Å². The minimum atomic E-state index is -0.261. The van der Waals surface area contributed by atoms with Crippen LogP contribution in [0.15, 0.2) is 57.9 Å². The molecule has 1 unspecified atom stereocenters. The highest BCUT2D eigenvalue weighted by Crippen LogP contribution is 2.32. The van der Waals surface area contributed by atoms with Gasteiger partial charge in [-0.15, -0.1) is 0 Å². The number of carbonyl (C=O) groups is 3. The zero-order valence-electron chi connectivity index (χ0n) is 30.3. The van der Waals surface area contributed by atoms with Gasteiger partial charge in [0.2, 0.25) is 11.8 Å². The summed E-state index contributed by atoms with van der Waals surface area (Å²) < 4.78 is 1.81. The molecule has 0 radical (unpaired) electrons. The predicted molar refractivity (Wildman–Crippen MR) is 205 cm³/mol. The summed E-state index contributed by atoms with van der Waals surface area (Å²) in [4.78, 5) is 59.3. The fourth-order valence-corrected chi connectivity index (χ4v) is 9.07. The van der Waals surface area contributed by atoms with E-state index < -0.39 is 0 Å². The first-order valence-corrected chi connectivity index (χ1v) is 19.3. The molecule has 7 rings (SSSR count). The van der Waals surface area contributed by atoms with Crippen LogP contribution in [-0.2, 0) is 16.6 Å². The quantitative estimate of drug-likeness (QED) is 0.347. The van der Waals surface area contributed by atoms with Crippen LogP contribution in [0.4, 0.5) is 11.4 Å². The molecule has 0 aliphatic carbocycles. The summed E-state index contributed by atoms with van der Waals surface area (Å²) in [5, 5.41) is 10.2. The van der Waals surface area contributed by atoms with E-state index in [1.165, 1.54) is 15.9 Å². The van der Waals surface area contributed by atoms with E-state index in [4.69, 9.17) is 0 Å². The van der Waals surface area contributed by atoms with Crippen molar-refractivity contribution >= 4 is 45.0 Å². The Balaban J connectivity index is 0.884. The molecule has 3 aromatic rings. The van der Waals surface area contributed by atoms with Crippen molar-refractivity contribution in [2.24, 2.45) is 7.05 Å². The van der Waals surface area contributed by atoms with E-state index in [0.717, 1.165) is 88.3 Å². The maximum Gasteiger partial charge on any atom is 0.282 e. The normalized spacial score (nSPS) is 23.8. The summed E-state index contributed by atoms with van der Waals surface area (Å²) in [7, 11) is 3.75. The number of hydrogen-bond acceptors (Lipinski definition) is 9. The number of aryl methyl sites for hydroxylation is 2. The standard InChI is InChI=1S/C39H49BrN8O4/c1-25-20-31(8-9-32(25)33-10-11-35(49)43-37(33)50)47-18-16-46(17-19-47)30-12-14-48(15-13-30)38(51)27-6-4-26(5-7-27)28-21-29(24-44(2)23-28)42-34-22-41-45(3)39(52)36(34)40/h4-9,20,22,28-30,33,42H,10-19,21,23-24H2,1-3H3,(H,43,49,50)/t28-,29+,33?/m0/s1. The highest BCUT2D eigenvalue weighted by Gasteiger charge is 2.32. The fraction of sp³-hybridized carbons (Fsp3) is 0.513. The van der Waals surface area contributed by atoms with Gasteiger partial charge >= 0.3 is 0 Å². The predicted octanol–water partition coefficient (Wildman–Crippen LogP) is 3.70. The van der Waals surface area contributed by atoms with Gasteiger partial charge in [-0.3, -0.25) is 29.4 Å². The van der Waals surface area contributed by atoms with Crippen molar-refractivity contribution in [3.8, 4) is 0 Å². The lowest BCUT2D eigenvalue weighted by Crippen LogP contribution is -2.53. The van der Waals surface area contributed by atoms with Crippen molar-refractivity contribution in [3.63, 3.8) is 0 Å². The number of nitrogens with zero attached hydrogens (tertiary/aromatic N) is 6. The fourth-order valence-electron chi connectivity index (χ4n) is 8.59. The molecule has 2 aromatic carbocycles. The summed E-state index contributed by atoms with van der Waals surface area (Å²) in [6.45, 7) is 9.23. The minimum Gasteiger partial charge on any atom is -0.379 e. The molecule has 2 N–H and O–H groups in total. The molecular weight excluding hydrogens is 724 g/mol. The second-order valence-electron chi connectivity index (χ2n) is 15.0. The number of likely N-dealkylation sites (tertiary alicyclic amines) is 2. The average molecular weight is 774 g/mol. The monoisotopic (exact) mass is 772 g/mol. The van der Waals surface area contributed by atoms with Crippen molar-refractivity contribution in [3.05, 3.63) is 85.7 Å². The second-order valence-corrected chi connectivity index (χ2v) is 15.8. The Kier molecular flexibility index (Phi) is 10.8. The van der Waals surface area contributed by atoms with Gasteiger partial charge in [0.25, 0.3) is 11.5 Å². The molecule has 12 nitrogen and oxygen atoms in total. The van der Waals surface area contributed by atoms with Crippen molar-refractivity contribution in [1.82, 2.24) is 29.8 Å². The summed E-state index contributed by atoms with van der Waals surface area (Å²) in [5.74, 6) is -0.228. The molecule has 276 valence electrons. The number of nitrogens with one attached hydrogen (secondary N) is 2. The third-order valence-electron chi connectivity index (χ3n) is 11.5. The van der Waals surface area contributed by atoms with Gasteiger partial charge in [0.05, 0.1) is 17.8 Å². The maximum absolute atomic E-state index is 13.6. The Morgan fingerprint density at radius 2 is 1.65 bits per heavy atom. The first-order valence-electron chi connectivity index (χ1n) is 18.5. The smallest absolute Gasteiger partial charge is 0.282 e. The highest BCUT2D eigenvalue weighted by atomic mass is 79.9. The van der Waals surface area contributed by atoms with E-state index in [-0.39, 0.29) is 35.2 Å². The zero-order valence-corrected chi connectivity index (χ0v) is 31.9. The van der Waals surface area contributed by atoms with E-state index >= 15 is 0 Å². The Morgan fingerprint density at radius 3 is 2.35 bits per heavy atom. The van der Waals surface area contributed by atoms with Gasteiger partial charge in [-0.05, 0) is 102 Å². The first-order chi connectivity index (χ1) is 25.0. The number of anilines is 2. The molecule has 52 heavy (non-hydrogen) atoms. The number of rotatable bonds is 7. The number of aromatic nitrogens is 2. The number of likely N-dealkylation sites (N-methyl/N-ethyl adjacent to an activating group) is 1. The van der Waals surface area contributed by atoms with Crippen LogP contribution in [0.1, 0.15) is 71.0 Å². The zero-order chi connectivity index (χ0) is 36.5. The topological polar surface area (TPSA) is 123 Å². The lowest BCUT2D eigenvalue weighted by molar-refractivity contribution is -0.134. The van der Waals surface area contributed by atoms with Crippen molar-refractivity contribution < 1.29 is 14.4 Å². The van der Waals surface area contributed by atoms with Crippen molar-refractivity contribution in [2.75, 3.05) is 69.6 Å². The molecule has 0 bridgehead atoms. The number of piperidine rings is 3. The van der Waals surface area contributed by atoms with Gasteiger partial charge in [-0.1, -0.05) is 18.2 Å². The number of halogens is 1. The second kappa shape index (κ2) is 15.5. The summed E-state index contributed by atoms with van der Waals surface area (Å²) in [6, 6.07) is 15.2. The lowest BCUT2D eigenvalue weighted by Gasteiger charge is -2.43. The number of imide groups is 1. The van der Waals surface area contributed by atoms with Gasteiger partial charge in [-0.25, -0.2) is 4.68 Å². The van der Waals surface area contributed by atoms with E-state index in [2.05, 4.69) is 90.7 Å². The molecule has 0 spiro atoms. The van der Waals surface area contributed by atoms with Gasteiger partial charge < -0.3 is 20.0 Å². The molecule has 4 aliphatic rings. The highest BCUT2D eigenvalue weighted by molar-refractivity contribution is 9.10. The maximum atomic E-state index is 13.6. The van der Waals surface area contributed by atoms with Crippen LogP contribution in [0, 0.1) is 6.92 Å². The number of carbonyl (C=O) groups excluding carboxylic acids is 3. The van der Waals surface area contributed by atoms with Gasteiger partial charge in [0.15, 0.2) is 0 Å². The molecule has 4 saturated heterocycles. The SMILES string of the molecule is Cc1cc(N2CCN(C3CCN(C(=O)c4ccc([C@H]5C[C@@H](Nc6cnn(C)c(=O)c6Br)CN(C)C5)cc4)CC3)CC2)ccc1C1CCC(=O)NC1=O.